The monoisotopic (exact) mass is 114 g/mol. The van der Waals surface area contributed by atoms with Gasteiger partial charge in [0, 0.05) is 0 Å². The van der Waals surface area contributed by atoms with Crippen LogP contribution in [0.5, 0.6) is 0 Å². The van der Waals surface area contributed by atoms with E-state index in [1.807, 2.05) is 6.92 Å². The Morgan fingerprint density at radius 1 is 1.75 bits per heavy atom. The second kappa shape index (κ2) is 4.53. The third kappa shape index (κ3) is 3.56. The summed E-state index contributed by atoms with van der Waals surface area (Å²) in [5.74, 6) is 0. The van der Waals surface area contributed by atoms with Crippen molar-refractivity contribution in [2.75, 3.05) is 0 Å². The van der Waals surface area contributed by atoms with Gasteiger partial charge in [0.05, 0.1) is 6.10 Å². The number of rotatable bonds is 3. The molecule has 2 heteroatoms. The molecule has 0 fully saturated rings. The van der Waals surface area contributed by atoms with Crippen LogP contribution in [0.2, 0.25) is 0 Å². The Kier molecular flexibility index (Phi) is 4.17. The Hall–Kier alpha value is -0.630. The van der Waals surface area contributed by atoms with E-state index >= 15 is 0 Å². The molecule has 0 aliphatic heterocycles. The summed E-state index contributed by atoms with van der Waals surface area (Å²) in [7, 11) is 0. The first kappa shape index (κ1) is 7.37. The first-order chi connectivity index (χ1) is 3.81. The average Bonchev–Trinajstić information content (AvgIpc) is 1.83. The molecule has 0 amide bonds. The summed E-state index contributed by atoms with van der Waals surface area (Å²) < 4.78 is 0. The molecule has 0 aromatic heterocycles. The van der Waals surface area contributed by atoms with Crippen LogP contribution in [-0.2, 0) is 4.79 Å². The first-order valence-corrected chi connectivity index (χ1v) is 2.61. The highest BCUT2D eigenvalue weighted by Gasteiger charge is 1.89. The van der Waals surface area contributed by atoms with Crippen LogP contribution in [0.3, 0.4) is 0 Å². The number of aliphatic hydroxyl groups is 1. The zero-order chi connectivity index (χ0) is 6.41. The lowest BCUT2D eigenvalue weighted by atomic mass is 10.3. The molecule has 1 atom stereocenters. The van der Waals surface area contributed by atoms with Crippen molar-refractivity contribution in [2.45, 2.75) is 19.4 Å². The minimum absolute atomic E-state index is 0.458. The van der Waals surface area contributed by atoms with E-state index in [1.165, 1.54) is 12.2 Å². The summed E-state index contributed by atoms with van der Waals surface area (Å²) in [5, 5.41) is 8.74. The fraction of sp³-hybridized carbons (Fsp3) is 0.500. The van der Waals surface area contributed by atoms with E-state index in [9.17, 15) is 4.79 Å². The Bertz CT molecular complexity index is 86.5. The predicted molar refractivity (Wildman–Crippen MR) is 31.5 cm³/mol. The molecular weight excluding hydrogens is 104 g/mol. The van der Waals surface area contributed by atoms with Gasteiger partial charge in [-0.05, 0) is 12.5 Å². The lowest BCUT2D eigenvalue weighted by molar-refractivity contribution is -0.104. The zero-order valence-electron chi connectivity index (χ0n) is 4.87. The van der Waals surface area contributed by atoms with Gasteiger partial charge in [0.1, 0.15) is 6.29 Å². The largest absolute Gasteiger partial charge is 0.389 e. The molecule has 0 aromatic rings. The van der Waals surface area contributed by atoms with Crippen LogP contribution < -0.4 is 0 Å². The third-order valence-corrected chi connectivity index (χ3v) is 0.830. The van der Waals surface area contributed by atoms with Gasteiger partial charge in [0.25, 0.3) is 0 Å². The standard InChI is InChI=1S/C6H10O2/c1-2-6(8)4-3-5-7/h3-6,8H,2H2,1H3/b4-3-/t6-/m1/s1. The van der Waals surface area contributed by atoms with Crippen LogP contribution in [0.4, 0.5) is 0 Å². The van der Waals surface area contributed by atoms with E-state index in [2.05, 4.69) is 0 Å². The summed E-state index contributed by atoms with van der Waals surface area (Å²) in [6, 6.07) is 0. The van der Waals surface area contributed by atoms with Gasteiger partial charge in [0.15, 0.2) is 0 Å². The van der Waals surface area contributed by atoms with Gasteiger partial charge in [-0.25, -0.2) is 0 Å². The maximum Gasteiger partial charge on any atom is 0.142 e. The van der Waals surface area contributed by atoms with Gasteiger partial charge in [-0.1, -0.05) is 13.0 Å². The molecule has 0 aliphatic rings. The molecule has 46 valence electrons. The Balaban J connectivity index is 3.35. The van der Waals surface area contributed by atoms with Gasteiger partial charge in [-0.3, -0.25) is 4.79 Å². The maximum absolute atomic E-state index is 9.63. The minimum atomic E-state index is -0.458. The lowest BCUT2D eigenvalue weighted by Gasteiger charge is -1.94. The molecule has 0 radical (unpaired) electrons. The van der Waals surface area contributed by atoms with Crippen LogP contribution in [0.1, 0.15) is 13.3 Å². The van der Waals surface area contributed by atoms with Crippen LogP contribution in [-0.4, -0.2) is 17.5 Å². The van der Waals surface area contributed by atoms with Crippen molar-refractivity contribution in [1.82, 2.24) is 0 Å². The number of allylic oxidation sites excluding steroid dienone is 1. The molecule has 0 heterocycles. The van der Waals surface area contributed by atoms with E-state index in [-0.39, 0.29) is 0 Å². The third-order valence-electron chi connectivity index (χ3n) is 0.830. The molecule has 0 saturated carbocycles. The molecule has 0 aromatic carbocycles. The van der Waals surface area contributed by atoms with E-state index in [4.69, 9.17) is 5.11 Å². The van der Waals surface area contributed by atoms with Gasteiger partial charge >= 0.3 is 0 Å². The highest BCUT2D eigenvalue weighted by Crippen LogP contribution is 1.88. The Labute approximate surface area is 48.8 Å². The fourth-order valence-electron chi connectivity index (χ4n) is 0.310. The number of aliphatic hydroxyl groups excluding tert-OH is 1. The summed E-state index contributed by atoms with van der Waals surface area (Å²) in [4.78, 5) is 9.63. The molecule has 8 heavy (non-hydrogen) atoms. The van der Waals surface area contributed by atoms with E-state index in [0.717, 1.165) is 0 Å². The van der Waals surface area contributed by atoms with Crippen LogP contribution >= 0.6 is 0 Å². The van der Waals surface area contributed by atoms with E-state index in [1.54, 1.807) is 0 Å². The molecule has 0 saturated heterocycles. The van der Waals surface area contributed by atoms with Crippen molar-refractivity contribution in [3.05, 3.63) is 12.2 Å². The van der Waals surface area contributed by atoms with Gasteiger partial charge in [0.2, 0.25) is 0 Å². The SMILES string of the molecule is CC[C@@H](O)/C=C\C=O. The molecule has 0 bridgehead atoms. The van der Waals surface area contributed by atoms with Crippen molar-refractivity contribution in [1.29, 1.82) is 0 Å². The topological polar surface area (TPSA) is 37.3 Å². The highest BCUT2D eigenvalue weighted by molar-refractivity contribution is 5.64. The number of hydrogen-bond donors (Lipinski definition) is 1. The number of carbonyl (C=O) groups is 1. The normalized spacial score (nSPS) is 14.2. The second-order valence-corrected chi connectivity index (χ2v) is 1.50. The molecule has 0 spiro atoms. The van der Waals surface area contributed by atoms with Crippen molar-refractivity contribution in [2.24, 2.45) is 0 Å². The fourth-order valence-corrected chi connectivity index (χ4v) is 0.310. The Morgan fingerprint density at radius 3 is 2.75 bits per heavy atom. The number of aldehydes is 1. The summed E-state index contributed by atoms with van der Waals surface area (Å²) in [5.41, 5.74) is 0. The second-order valence-electron chi connectivity index (χ2n) is 1.50. The van der Waals surface area contributed by atoms with E-state index < -0.39 is 6.10 Å². The smallest absolute Gasteiger partial charge is 0.142 e. The molecule has 1 N–H and O–H groups in total. The quantitative estimate of drug-likeness (QED) is 0.429. The minimum Gasteiger partial charge on any atom is -0.389 e. The van der Waals surface area contributed by atoms with Crippen molar-refractivity contribution in [3.63, 3.8) is 0 Å². The summed E-state index contributed by atoms with van der Waals surface area (Å²) >= 11 is 0. The van der Waals surface area contributed by atoms with Gasteiger partial charge < -0.3 is 5.11 Å². The van der Waals surface area contributed by atoms with Crippen molar-refractivity contribution in [3.8, 4) is 0 Å². The van der Waals surface area contributed by atoms with E-state index in [0.29, 0.717) is 12.7 Å². The molecule has 0 unspecified atom stereocenters. The molecule has 2 nitrogen and oxygen atoms in total. The van der Waals surface area contributed by atoms with Crippen LogP contribution in [0, 0.1) is 0 Å². The Morgan fingerprint density at radius 2 is 2.38 bits per heavy atom. The first-order valence-electron chi connectivity index (χ1n) is 2.61. The lowest BCUT2D eigenvalue weighted by Crippen LogP contribution is -1.97. The molecular formula is C6H10O2. The van der Waals surface area contributed by atoms with Crippen molar-refractivity contribution >= 4 is 6.29 Å². The number of hydrogen-bond acceptors (Lipinski definition) is 2. The molecule has 0 aliphatic carbocycles. The molecule has 0 rings (SSSR count). The summed E-state index contributed by atoms with van der Waals surface area (Å²) in [6.45, 7) is 1.85. The average molecular weight is 114 g/mol. The maximum atomic E-state index is 9.63. The number of carbonyl (C=O) groups excluding carboxylic acids is 1. The van der Waals surface area contributed by atoms with Crippen LogP contribution in [0.15, 0.2) is 12.2 Å². The van der Waals surface area contributed by atoms with Crippen molar-refractivity contribution < 1.29 is 9.90 Å². The van der Waals surface area contributed by atoms with Gasteiger partial charge in [-0.15, -0.1) is 0 Å². The summed E-state index contributed by atoms with van der Waals surface area (Å²) in [6.07, 6.45) is 3.62. The van der Waals surface area contributed by atoms with Gasteiger partial charge in [-0.2, -0.15) is 0 Å². The zero-order valence-corrected chi connectivity index (χ0v) is 4.87. The highest BCUT2D eigenvalue weighted by atomic mass is 16.3. The predicted octanol–water partition coefficient (Wildman–Crippen LogP) is 0.512. The van der Waals surface area contributed by atoms with Crippen LogP contribution in [0.25, 0.3) is 0 Å².